The van der Waals surface area contributed by atoms with E-state index < -0.39 is 36.3 Å². The second-order valence-corrected chi connectivity index (χ2v) is 9.29. The van der Waals surface area contributed by atoms with Crippen LogP contribution in [0.5, 0.6) is 11.5 Å². The first-order valence-electron chi connectivity index (χ1n) is 12.5. The molecule has 0 saturated carbocycles. The van der Waals surface area contributed by atoms with E-state index in [1.807, 2.05) is 24.3 Å². The molecule has 2 N–H and O–H groups in total. The zero-order valence-electron chi connectivity index (χ0n) is 21.2. The van der Waals surface area contributed by atoms with Crippen LogP contribution >= 0.6 is 0 Å². The number of aryl methyl sites for hydroxylation is 1. The zero-order valence-corrected chi connectivity index (χ0v) is 21.2. The van der Waals surface area contributed by atoms with Crippen molar-refractivity contribution in [1.82, 2.24) is 5.32 Å². The molecule has 206 valence electrons. The number of hydrogen-bond donors (Lipinski definition) is 2. The van der Waals surface area contributed by atoms with E-state index in [0.717, 1.165) is 36.5 Å². The van der Waals surface area contributed by atoms with Crippen molar-refractivity contribution in [2.75, 3.05) is 7.11 Å². The number of halogens is 4. The maximum Gasteiger partial charge on any atom is 0.461 e. The number of allylic oxidation sites excluding steroid dienone is 1. The lowest BCUT2D eigenvalue weighted by atomic mass is 9.94. The number of benzene rings is 3. The predicted molar refractivity (Wildman–Crippen MR) is 139 cm³/mol. The Bertz CT molecular complexity index is 1310. The molecule has 4 rings (SSSR count). The number of ether oxygens (including phenoxy) is 2. The summed E-state index contributed by atoms with van der Waals surface area (Å²) in [5.74, 6) is -0.289. The van der Waals surface area contributed by atoms with Crippen molar-refractivity contribution in [3.05, 3.63) is 101 Å². The Morgan fingerprint density at radius 2 is 1.79 bits per heavy atom. The highest BCUT2D eigenvalue weighted by Crippen LogP contribution is 2.30. The highest BCUT2D eigenvalue weighted by atomic mass is 19.3. The molecule has 1 amide bonds. The summed E-state index contributed by atoms with van der Waals surface area (Å²) in [6.07, 6.45) is -3.20. The molecule has 0 spiro atoms. The van der Waals surface area contributed by atoms with Gasteiger partial charge in [0.15, 0.2) is 0 Å². The second-order valence-electron chi connectivity index (χ2n) is 9.29. The van der Waals surface area contributed by atoms with Crippen molar-refractivity contribution in [3.63, 3.8) is 0 Å². The van der Waals surface area contributed by atoms with Crippen LogP contribution in [0.4, 0.5) is 17.6 Å². The molecule has 9 heteroatoms. The van der Waals surface area contributed by atoms with Crippen molar-refractivity contribution >= 4 is 12.0 Å². The first-order chi connectivity index (χ1) is 18.7. The first kappa shape index (κ1) is 28.2. The fraction of sp³-hybridized carbons (Fsp3) is 0.300. The van der Waals surface area contributed by atoms with Gasteiger partial charge in [-0.1, -0.05) is 48.6 Å². The summed E-state index contributed by atoms with van der Waals surface area (Å²) in [4.78, 5) is 13.5. The molecule has 0 bridgehead atoms. The van der Waals surface area contributed by atoms with Crippen LogP contribution < -0.4 is 14.8 Å². The fourth-order valence-corrected chi connectivity index (χ4v) is 4.55. The normalized spacial score (nSPS) is 14.7. The molecular weight excluding hydrogens is 514 g/mol. The van der Waals surface area contributed by atoms with Crippen LogP contribution in [0, 0.1) is 0 Å². The van der Waals surface area contributed by atoms with Crippen LogP contribution in [0.2, 0.25) is 0 Å². The van der Waals surface area contributed by atoms with E-state index in [1.165, 1.54) is 19.2 Å². The third-order valence-corrected chi connectivity index (χ3v) is 6.56. The van der Waals surface area contributed by atoms with Crippen molar-refractivity contribution in [2.24, 2.45) is 0 Å². The van der Waals surface area contributed by atoms with E-state index in [1.54, 1.807) is 36.4 Å². The molecule has 1 aliphatic rings. The van der Waals surface area contributed by atoms with E-state index in [0.29, 0.717) is 22.4 Å². The van der Waals surface area contributed by atoms with Crippen molar-refractivity contribution in [3.8, 4) is 11.5 Å². The van der Waals surface area contributed by atoms with Gasteiger partial charge in [0.2, 0.25) is 0 Å². The van der Waals surface area contributed by atoms with Crippen molar-refractivity contribution in [2.45, 2.75) is 50.4 Å². The van der Waals surface area contributed by atoms with Crippen LogP contribution in [0.25, 0.3) is 6.08 Å². The van der Waals surface area contributed by atoms with Crippen molar-refractivity contribution < 1.29 is 36.9 Å². The van der Waals surface area contributed by atoms with Crippen LogP contribution in [-0.4, -0.2) is 36.7 Å². The lowest BCUT2D eigenvalue weighted by Gasteiger charge is -2.26. The average molecular weight is 544 g/mol. The van der Waals surface area contributed by atoms with Gasteiger partial charge in [0.1, 0.15) is 11.5 Å². The molecule has 3 aromatic rings. The molecule has 0 aromatic heterocycles. The summed E-state index contributed by atoms with van der Waals surface area (Å²) in [6, 6.07) is 16.5. The number of carbonyl (C=O) groups excluding carboxylic acids is 1. The van der Waals surface area contributed by atoms with Gasteiger partial charge in [0, 0.05) is 5.56 Å². The van der Waals surface area contributed by atoms with Gasteiger partial charge in [-0.25, -0.2) is 0 Å². The minimum absolute atomic E-state index is 0.00124. The first-order valence-corrected chi connectivity index (χ1v) is 12.5. The molecule has 0 heterocycles. The number of rotatable bonds is 10. The lowest BCUT2D eigenvalue weighted by Crippen LogP contribution is -2.41. The molecule has 0 saturated heterocycles. The minimum atomic E-state index is -4.66. The Morgan fingerprint density at radius 1 is 1.05 bits per heavy atom. The van der Waals surface area contributed by atoms with Gasteiger partial charge in [-0.05, 0) is 78.3 Å². The number of alkyl halides is 4. The average Bonchev–Trinajstić information content (AvgIpc) is 3.18. The SMILES string of the molecule is COc1ccc(C(O)C(Cc2cccc(OC(F)(F)C(F)F)c2)NC(=O)c2cccc3c2C=CCCC3)cc1. The van der Waals surface area contributed by atoms with Gasteiger partial charge >= 0.3 is 12.5 Å². The Morgan fingerprint density at radius 3 is 2.51 bits per heavy atom. The van der Waals surface area contributed by atoms with E-state index in [9.17, 15) is 27.5 Å². The third-order valence-electron chi connectivity index (χ3n) is 6.56. The summed E-state index contributed by atoms with van der Waals surface area (Å²) >= 11 is 0. The smallest absolute Gasteiger partial charge is 0.461 e. The highest BCUT2D eigenvalue weighted by Gasteiger charge is 2.44. The molecule has 0 fully saturated rings. The van der Waals surface area contributed by atoms with E-state index in [2.05, 4.69) is 10.1 Å². The summed E-state index contributed by atoms with van der Waals surface area (Å²) in [5.41, 5.74) is 3.20. The van der Waals surface area contributed by atoms with Gasteiger partial charge in [0.25, 0.3) is 5.91 Å². The van der Waals surface area contributed by atoms with Gasteiger partial charge in [0.05, 0.1) is 19.3 Å². The molecule has 5 nitrogen and oxygen atoms in total. The highest BCUT2D eigenvalue weighted by molar-refractivity contribution is 5.98. The number of hydrogen-bond acceptors (Lipinski definition) is 4. The summed E-state index contributed by atoms with van der Waals surface area (Å²) in [6.45, 7) is 0. The molecule has 0 radical (unpaired) electrons. The number of amides is 1. The third kappa shape index (κ3) is 6.97. The van der Waals surface area contributed by atoms with Crippen molar-refractivity contribution in [1.29, 1.82) is 0 Å². The van der Waals surface area contributed by atoms with Crippen LogP contribution in [0.1, 0.15) is 51.6 Å². The van der Waals surface area contributed by atoms with Gasteiger partial charge in [-0.3, -0.25) is 4.79 Å². The van der Waals surface area contributed by atoms with Gasteiger partial charge in [-0.15, -0.1) is 0 Å². The monoisotopic (exact) mass is 543 g/mol. The van der Waals surface area contributed by atoms with Gasteiger partial charge in [-0.2, -0.15) is 17.6 Å². The van der Waals surface area contributed by atoms with E-state index >= 15 is 0 Å². The quantitative estimate of drug-likeness (QED) is 0.292. The Balaban J connectivity index is 1.63. The molecule has 39 heavy (non-hydrogen) atoms. The van der Waals surface area contributed by atoms with Crippen LogP contribution in [-0.2, 0) is 12.8 Å². The second kappa shape index (κ2) is 12.3. The summed E-state index contributed by atoms with van der Waals surface area (Å²) < 4.78 is 61.6. The molecule has 1 aliphatic carbocycles. The molecule has 2 atom stereocenters. The summed E-state index contributed by atoms with van der Waals surface area (Å²) in [5, 5.41) is 14.2. The number of nitrogens with one attached hydrogen (secondary N) is 1. The fourth-order valence-electron chi connectivity index (χ4n) is 4.55. The number of carbonyl (C=O) groups is 1. The van der Waals surface area contributed by atoms with E-state index in [4.69, 9.17) is 4.74 Å². The number of methoxy groups -OCH3 is 1. The number of fused-ring (bicyclic) bond motifs is 1. The largest absolute Gasteiger partial charge is 0.497 e. The Labute approximate surface area is 224 Å². The van der Waals surface area contributed by atoms with Gasteiger partial charge < -0.3 is 19.9 Å². The Kier molecular flexibility index (Phi) is 8.91. The zero-order chi connectivity index (χ0) is 28.0. The van der Waals surface area contributed by atoms with Crippen LogP contribution in [0.15, 0.2) is 72.8 Å². The molecule has 3 aromatic carbocycles. The van der Waals surface area contributed by atoms with Crippen LogP contribution in [0.3, 0.4) is 0 Å². The summed E-state index contributed by atoms with van der Waals surface area (Å²) in [7, 11) is 1.51. The predicted octanol–water partition coefficient (Wildman–Crippen LogP) is 6.36. The molecule has 0 aliphatic heterocycles. The molecular formula is C30H29F4NO4. The maximum absolute atomic E-state index is 13.5. The lowest BCUT2D eigenvalue weighted by molar-refractivity contribution is -0.253. The van der Waals surface area contributed by atoms with E-state index in [-0.39, 0.29) is 6.42 Å². The number of aliphatic hydroxyl groups excluding tert-OH is 1. The minimum Gasteiger partial charge on any atom is -0.497 e. The Hall–Kier alpha value is -3.85. The maximum atomic E-state index is 13.5. The standard InChI is InChI=1S/C30H29F4NO4/c1-38-22-15-13-21(14-16-22)27(36)26(18-19-7-5-10-23(17-19)39-30(33,34)29(31)32)35-28(37)25-12-6-9-20-8-3-2-4-11-24(20)25/h4-7,9-17,26-27,29,36H,2-3,8,18H2,1H3,(H,35,37). The topological polar surface area (TPSA) is 67.8 Å². The number of aliphatic hydroxyl groups is 1. The molecule has 2 unspecified atom stereocenters.